The Morgan fingerprint density at radius 3 is 2.80 bits per heavy atom. The molecule has 1 saturated heterocycles. The van der Waals surface area contributed by atoms with Crippen LogP contribution in [0.2, 0.25) is 0 Å². The Morgan fingerprint density at radius 2 is 2.20 bits per heavy atom. The maximum absolute atomic E-state index is 12.2. The number of sulfonamides is 1. The monoisotopic (exact) mass is 387 g/mol. The van der Waals surface area contributed by atoms with Crippen molar-refractivity contribution in [1.29, 1.82) is 0 Å². The van der Waals surface area contributed by atoms with Gasteiger partial charge in [-0.2, -0.15) is 11.8 Å². The molecule has 9 heteroatoms. The van der Waals surface area contributed by atoms with Crippen LogP contribution >= 0.6 is 11.8 Å². The molecule has 3 N–H and O–H groups in total. The van der Waals surface area contributed by atoms with Gasteiger partial charge in [0.15, 0.2) is 5.96 Å². The first kappa shape index (κ1) is 20.1. The van der Waals surface area contributed by atoms with Crippen molar-refractivity contribution in [2.24, 2.45) is 12.0 Å². The van der Waals surface area contributed by atoms with E-state index in [1.807, 2.05) is 18.7 Å². The number of rotatable bonds is 8. The maximum Gasteiger partial charge on any atom is 0.242 e. The molecule has 142 valence electrons. The molecule has 0 saturated carbocycles. The van der Waals surface area contributed by atoms with E-state index in [2.05, 4.69) is 27.3 Å². The summed E-state index contributed by atoms with van der Waals surface area (Å²) in [5.74, 6) is 1.94. The van der Waals surface area contributed by atoms with Crippen LogP contribution in [0.1, 0.15) is 26.7 Å². The van der Waals surface area contributed by atoms with Crippen molar-refractivity contribution < 1.29 is 8.42 Å². The van der Waals surface area contributed by atoms with E-state index in [4.69, 9.17) is 0 Å². The molecule has 0 spiro atoms. The van der Waals surface area contributed by atoms with Gasteiger partial charge in [-0.05, 0) is 38.5 Å². The van der Waals surface area contributed by atoms with E-state index in [0.29, 0.717) is 13.1 Å². The van der Waals surface area contributed by atoms with Crippen molar-refractivity contribution in [1.82, 2.24) is 19.9 Å². The van der Waals surface area contributed by atoms with E-state index in [0.717, 1.165) is 19.0 Å². The summed E-state index contributed by atoms with van der Waals surface area (Å²) in [6.07, 6.45) is 5.74. The average Bonchev–Trinajstić information content (AvgIpc) is 3.18. The summed E-state index contributed by atoms with van der Waals surface area (Å²) in [6.45, 7) is 6.58. The highest BCUT2D eigenvalue weighted by atomic mass is 32.2. The lowest BCUT2D eigenvalue weighted by Crippen LogP contribution is -2.42. The third-order valence-corrected chi connectivity index (χ3v) is 7.01. The van der Waals surface area contributed by atoms with Gasteiger partial charge in [-0.1, -0.05) is 0 Å². The van der Waals surface area contributed by atoms with Gasteiger partial charge in [0, 0.05) is 43.8 Å². The van der Waals surface area contributed by atoms with Crippen molar-refractivity contribution in [2.75, 3.05) is 31.9 Å². The molecular weight excluding hydrogens is 358 g/mol. The van der Waals surface area contributed by atoms with E-state index >= 15 is 0 Å². The molecule has 0 bridgehead atoms. The predicted octanol–water partition coefficient (Wildman–Crippen LogP) is 1.14. The Kier molecular flexibility index (Phi) is 7.21. The first-order chi connectivity index (χ1) is 11.8. The number of thioether (sulfide) groups is 1. The Labute approximate surface area is 155 Å². The molecule has 1 aromatic rings. The zero-order valence-corrected chi connectivity index (χ0v) is 16.8. The molecular formula is C16H29N5O2S2. The summed E-state index contributed by atoms with van der Waals surface area (Å²) in [5, 5.41) is 6.39. The molecule has 0 aliphatic carbocycles. The van der Waals surface area contributed by atoms with Crippen LogP contribution in [0, 0.1) is 0 Å². The fourth-order valence-electron chi connectivity index (χ4n) is 2.64. The lowest BCUT2D eigenvalue weighted by atomic mass is 10.1. The van der Waals surface area contributed by atoms with Crippen LogP contribution in [0.15, 0.2) is 28.3 Å². The summed E-state index contributed by atoms with van der Waals surface area (Å²) < 4.78 is 28.8. The second-order valence-corrected chi connectivity index (χ2v) is 9.88. The highest BCUT2D eigenvalue weighted by Gasteiger charge is 2.29. The third-order valence-electron chi connectivity index (χ3n) is 4.04. The number of guanidine groups is 1. The first-order valence-corrected chi connectivity index (χ1v) is 11.1. The Hall–Kier alpha value is -1.19. The third kappa shape index (κ3) is 6.23. The van der Waals surface area contributed by atoms with Crippen LogP contribution in [-0.4, -0.2) is 55.6 Å². The molecule has 2 heterocycles. The van der Waals surface area contributed by atoms with Crippen LogP contribution in [0.3, 0.4) is 0 Å². The Bertz CT molecular complexity index is 678. The molecule has 1 aromatic heterocycles. The highest BCUT2D eigenvalue weighted by Crippen LogP contribution is 2.37. The quantitative estimate of drug-likeness (QED) is 0.354. The fraction of sp³-hybridized carbons (Fsp3) is 0.688. The smallest absolute Gasteiger partial charge is 0.242 e. The largest absolute Gasteiger partial charge is 0.357 e. The zero-order valence-electron chi connectivity index (χ0n) is 15.2. The van der Waals surface area contributed by atoms with Gasteiger partial charge in [-0.15, -0.1) is 0 Å². The fourth-order valence-corrected chi connectivity index (χ4v) is 4.94. The molecule has 1 aliphatic rings. The van der Waals surface area contributed by atoms with Gasteiger partial charge in [-0.25, -0.2) is 13.1 Å². The molecule has 25 heavy (non-hydrogen) atoms. The minimum absolute atomic E-state index is 0.219. The molecule has 1 fully saturated rings. The van der Waals surface area contributed by atoms with Crippen molar-refractivity contribution in [3.8, 4) is 0 Å². The zero-order chi connectivity index (χ0) is 18.3. The second kappa shape index (κ2) is 8.95. The Balaban J connectivity index is 1.80. The van der Waals surface area contributed by atoms with Gasteiger partial charge in [0.1, 0.15) is 0 Å². The normalized spacial score (nSPS) is 21.5. The van der Waals surface area contributed by atoms with Gasteiger partial charge in [-0.3, -0.25) is 4.99 Å². The molecule has 1 atom stereocenters. The average molecular weight is 388 g/mol. The number of hydrogen-bond donors (Lipinski definition) is 3. The van der Waals surface area contributed by atoms with E-state index in [1.54, 1.807) is 30.1 Å². The minimum Gasteiger partial charge on any atom is -0.357 e. The maximum atomic E-state index is 12.2. The van der Waals surface area contributed by atoms with Gasteiger partial charge >= 0.3 is 0 Å². The van der Waals surface area contributed by atoms with Crippen molar-refractivity contribution >= 4 is 27.7 Å². The number of aromatic nitrogens is 1. The number of aliphatic imine (C=N–C) groups is 1. The van der Waals surface area contributed by atoms with Crippen LogP contribution in [-0.2, 0) is 17.1 Å². The summed E-state index contributed by atoms with van der Waals surface area (Å²) in [7, 11) is -1.66. The van der Waals surface area contributed by atoms with E-state index in [9.17, 15) is 8.42 Å². The van der Waals surface area contributed by atoms with Gasteiger partial charge in [0.05, 0.1) is 11.4 Å². The summed E-state index contributed by atoms with van der Waals surface area (Å²) in [4.78, 5) is 4.94. The number of nitrogens with one attached hydrogen (secondary N) is 3. The van der Waals surface area contributed by atoms with E-state index in [-0.39, 0.29) is 9.64 Å². The van der Waals surface area contributed by atoms with E-state index < -0.39 is 10.0 Å². The van der Waals surface area contributed by atoms with Gasteiger partial charge in [0.2, 0.25) is 10.0 Å². The standard InChI is InChI=1S/C16H29N5O2S2/c1-4-17-15(19-13-16(2)7-5-11-24-16)18-8-9-20-25(22,23)14-6-10-21(3)12-14/h6,10,12,20H,4-5,7-9,11,13H2,1-3H3,(H2,17,18,19). The molecule has 2 rings (SSSR count). The highest BCUT2D eigenvalue weighted by molar-refractivity contribution is 8.00. The second-order valence-electron chi connectivity index (χ2n) is 6.43. The lowest BCUT2D eigenvalue weighted by molar-refractivity contribution is 0.580. The summed E-state index contributed by atoms with van der Waals surface area (Å²) in [5.41, 5.74) is 0. The van der Waals surface area contributed by atoms with Crippen molar-refractivity contribution in [3.05, 3.63) is 18.5 Å². The van der Waals surface area contributed by atoms with Gasteiger partial charge < -0.3 is 15.2 Å². The summed E-state index contributed by atoms with van der Waals surface area (Å²) >= 11 is 1.98. The van der Waals surface area contributed by atoms with Crippen molar-refractivity contribution in [3.63, 3.8) is 0 Å². The molecule has 0 aromatic carbocycles. The van der Waals surface area contributed by atoms with Crippen LogP contribution in [0.25, 0.3) is 0 Å². The SMILES string of the molecule is CCNC(=NCC1(C)CCCS1)NCCNS(=O)(=O)c1ccn(C)c1. The molecule has 0 amide bonds. The molecule has 0 radical (unpaired) electrons. The van der Waals surface area contributed by atoms with Crippen LogP contribution < -0.4 is 15.4 Å². The number of nitrogens with zero attached hydrogens (tertiary/aromatic N) is 2. The Morgan fingerprint density at radius 1 is 1.40 bits per heavy atom. The molecule has 1 aliphatic heterocycles. The lowest BCUT2D eigenvalue weighted by Gasteiger charge is -2.21. The molecule has 7 nitrogen and oxygen atoms in total. The van der Waals surface area contributed by atoms with Crippen molar-refractivity contribution in [2.45, 2.75) is 36.3 Å². The number of aryl methyl sites for hydroxylation is 1. The number of hydrogen-bond acceptors (Lipinski definition) is 4. The predicted molar refractivity (Wildman–Crippen MR) is 105 cm³/mol. The van der Waals surface area contributed by atoms with Gasteiger partial charge in [0.25, 0.3) is 0 Å². The topological polar surface area (TPSA) is 87.5 Å². The first-order valence-electron chi connectivity index (χ1n) is 8.62. The van der Waals surface area contributed by atoms with Crippen LogP contribution in [0.4, 0.5) is 0 Å². The minimum atomic E-state index is -3.46. The molecule has 1 unspecified atom stereocenters. The van der Waals surface area contributed by atoms with E-state index in [1.165, 1.54) is 18.6 Å². The van der Waals surface area contributed by atoms with Crippen LogP contribution in [0.5, 0.6) is 0 Å². The summed E-state index contributed by atoms with van der Waals surface area (Å²) in [6, 6.07) is 1.58.